The highest BCUT2D eigenvalue weighted by Crippen LogP contribution is 2.14. The van der Waals surface area contributed by atoms with Gasteiger partial charge in [0.15, 0.2) is 0 Å². The van der Waals surface area contributed by atoms with Gasteiger partial charge in [-0.1, -0.05) is 18.2 Å². The summed E-state index contributed by atoms with van der Waals surface area (Å²) in [6, 6.07) is 15.0. The predicted octanol–water partition coefficient (Wildman–Crippen LogP) is 3.16. The van der Waals surface area contributed by atoms with Crippen LogP contribution in [-0.2, 0) is 17.9 Å². The highest BCUT2D eigenvalue weighted by Gasteiger charge is 2.07. The Labute approximate surface area is 167 Å². The van der Waals surface area contributed by atoms with E-state index in [2.05, 4.69) is 15.6 Å². The molecular weight excluding hydrogens is 374 g/mol. The van der Waals surface area contributed by atoms with Crippen molar-refractivity contribution in [3.8, 4) is 5.75 Å². The molecule has 0 saturated carbocycles. The lowest BCUT2D eigenvalue weighted by Gasteiger charge is -2.09. The van der Waals surface area contributed by atoms with Crippen molar-refractivity contribution in [2.45, 2.75) is 19.6 Å². The number of carbonyl (C=O) groups excluding carboxylic acids is 2. The van der Waals surface area contributed by atoms with Crippen LogP contribution in [0.1, 0.15) is 28.0 Å². The smallest absolute Gasteiger partial charge is 0.252 e. The largest absolute Gasteiger partial charge is 0.487 e. The van der Waals surface area contributed by atoms with Gasteiger partial charge in [-0.25, -0.2) is 0 Å². The Morgan fingerprint density at radius 1 is 1.07 bits per heavy atom. The molecule has 0 radical (unpaired) electrons. The highest BCUT2D eigenvalue weighted by atomic mass is 32.1. The zero-order chi connectivity index (χ0) is 19.6. The molecule has 2 aromatic heterocycles. The van der Waals surface area contributed by atoms with E-state index in [1.807, 2.05) is 47.8 Å². The summed E-state index contributed by atoms with van der Waals surface area (Å²) >= 11 is 1.46. The Kier molecular flexibility index (Phi) is 7.14. The van der Waals surface area contributed by atoms with E-state index >= 15 is 0 Å². The van der Waals surface area contributed by atoms with Gasteiger partial charge in [0.2, 0.25) is 5.91 Å². The van der Waals surface area contributed by atoms with Gasteiger partial charge in [-0.3, -0.25) is 14.6 Å². The number of hydrogen-bond donors (Lipinski definition) is 2. The fourth-order valence-corrected chi connectivity index (χ4v) is 3.10. The van der Waals surface area contributed by atoms with Gasteiger partial charge in [0.25, 0.3) is 5.91 Å². The Morgan fingerprint density at radius 2 is 2.00 bits per heavy atom. The van der Waals surface area contributed by atoms with Gasteiger partial charge in [-0.2, -0.15) is 11.3 Å². The van der Waals surface area contributed by atoms with Crippen LogP contribution in [0.4, 0.5) is 0 Å². The fourth-order valence-electron chi connectivity index (χ4n) is 2.46. The maximum atomic E-state index is 12.0. The minimum absolute atomic E-state index is 0.120. The van der Waals surface area contributed by atoms with E-state index in [-0.39, 0.29) is 18.2 Å². The summed E-state index contributed by atoms with van der Waals surface area (Å²) in [6.45, 7) is 1.09. The van der Waals surface area contributed by atoms with Crippen LogP contribution in [0.2, 0.25) is 0 Å². The first-order valence-corrected chi connectivity index (χ1v) is 9.84. The number of nitrogens with zero attached hydrogens (tertiary/aromatic N) is 1. The number of ether oxygens (including phenoxy) is 1. The second-order valence-electron chi connectivity index (χ2n) is 6.05. The average Bonchev–Trinajstić information content (AvgIpc) is 3.27. The van der Waals surface area contributed by atoms with Crippen molar-refractivity contribution in [3.63, 3.8) is 0 Å². The Hall–Kier alpha value is -3.19. The number of benzene rings is 1. The van der Waals surface area contributed by atoms with Crippen LogP contribution in [0.15, 0.2) is 65.5 Å². The third-order valence-corrected chi connectivity index (χ3v) is 4.61. The van der Waals surface area contributed by atoms with Gasteiger partial charge in [0.05, 0.1) is 5.69 Å². The summed E-state index contributed by atoms with van der Waals surface area (Å²) in [4.78, 5) is 28.0. The molecule has 3 aromatic rings. The van der Waals surface area contributed by atoms with E-state index in [9.17, 15) is 9.59 Å². The second-order valence-corrected chi connectivity index (χ2v) is 6.83. The molecule has 0 aliphatic heterocycles. The van der Waals surface area contributed by atoms with Gasteiger partial charge in [-0.15, -0.1) is 0 Å². The van der Waals surface area contributed by atoms with E-state index in [1.54, 1.807) is 17.6 Å². The number of carbonyl (C=O) groups is 2. The quantitative estimate of drug-likeness (QED) is 0.583. The molecule has 0 atom stereocenters. The monoisotopic (exact) mass is 395 g/mol. The first kappa shape index (κ1) is 19.6. The minimum Gasteiger partial charge on any atom is -0.487 e. The van der Waals surface area contributed by atoms with E-state index in [0.717, 1.165) is 17.0 Å². The molecule has 2 N–H and O–H groups in total. The summed E-state index contributed by atoms with van der Waals surface area (Å²) in [5.41, 5.74) is 2.41. The van der Waals surface area contributed by atoms with Gasteiger partial charge < -0.3 is 15.4 Å². The number of pyridine rings is 1. The van der Waals surface area contributed by atoms with Crippen LogP contribution in [0.5, 0.6) is 5.75 Å². The average molecular weight is 395 g/mol. The van der Waals surface area contributed by atoms with Gasteiger partial charge in [0.1, 0.15) is 12.4 Å². The molecule has 0 unspecified atom stereocenters. The zero-order valence-electron chi connectivity index (χ0n) is 15.3. The lowest BCUT2D eigenvalue weighted by Crippen LogP contribution is -2.30. The summed E-state index contributed by atoms with van der Waals surface area (Å²) in [5.74, 6) is 0.442. The molecule has 7 heteroatoms. The van der Waals surface area contributed by atoms with E-state index in [0.29, 0.717) is 25.3 Å². The van der Waals surface area contributed by atoms with Gasteiger partial charge in [0, 0.05) is 36.7 Å². The van der Waals surface area contributed by atoms with Crippen LogP contribution >= 0.6 is 11.3 Å². The lowest BCUT2D eigenvalue weighted by molar-refractivity contribution is -0.121. The second kappa shape index (κ2) is 10.2. The molecule has 2 heterocycles. The van der Waals surface area contributed by atoms with Gasteiger partial charge >= 0.3 is 0 Å². The summed E-state index contributed by atoms with van der Waals surface area (Å²) in [6.07, 6.45) is 1.96. The summed E-state index contributed by atoms with van der Waals surface area (Å²) < 4.78 is 5.74. The molecule has 144 valence electrons. The number of thiophene rings is 1. The van der Waals surface area contributed by atoms with Crippen molar-refractivity contribution in [1.82, 2.24) is 15.6 Å². The molecular formula is C21H21N3O3S. The van der Waals surface area contributed by atoms with Gasteiger partial charge in [-0.05, 0) is 41.3 Å². The van der Waals surface area contributed by atoms with Crippen molar-refractivity contribution < 1.29 is 14.3 Å². The summed E-state index contributed by atoms with van der Waals surface area (Å²) in [7, 11) is 0. The molecule has 2 amide bonds. The van der Waals surface area contributed by atoms with E-state index < -0.39 is 0 Å². The maximum absolute atomic E-state index is 12.0. The molecule has 28 heavy (non-hydrogen) atoms. The lowest BCUT2D eigenvalue weighted by atomic mass is 10.2. The number of amides is 2. The molecule has 3 rings (SSSR count). The van der Waals surface area contributed by atoms with E-state index in [4.69, 9.17) is 4.74 Å². The molecule has 0 aliphatic rings. The Balaban J connectivity index is 1.39. The van der Waals surface area contributed by atoms with Crippen LogP contribution < -0.4 is 15.4 Å². The molecule has 1 aromatic carbocycles. The van der Waals surface area contributed by atoms with Crippen molar-refractivity contribution in [3.05, 3.63) is 82.3 Å². The van der Waals surface area contributed by atoms with Crippen molar-refractivity contribution >= 4 is 23.2 Å². The number of aromatic nitrogens is 1. The van der Waals surface area contributed by atoms with Crippen LogP contribution in [0.25, 0.3) is 0 Å². The minimum atomic E-state index is -0.160. The SMILES string of the molecule is O=C(CCNC(=O)c1ccsc1)NCc1cccc(OCc2ccccn2)c1. The van der Waals surface area contributed by atoms with Crippen LogP contribution in [0.3, 0.4) is 0 Å². The molecule has 0 fully saturated rings. The number of rotatable bonds is 9. The van der Waals surface area contributed by atoms with Crippen LogP contribution in [-0.4, -0.2) is 23.3 Å². The molecule has 0 saturated heterocycles. The molecule has 0 spiro atoms. The first-order valence-electron chi connectivity index (χ1n) is 8.89. The van der Waals surface area contributed by atoms with Crippen molar-refractivity contribution in [2.24, 2.45) is 0 Å². The van der Waals surface area contributed by atoms with E-state index in [1.165, 1.54) is 11.3 Å². The predicted molar refractivity (Wildman–Crippen MR) is 108 cm³/mol. The zero-order valence-corrected chi connectivity index (χ0v) is 16.1. The topological polar surface area (TPSA) is 80.3 Å². The van der Waals surface area contributed by atoms with Crippen LogP contribution in [0, 0.1) is 0 Å². The fraction of sp³-hybridized carbons (Fsp3) is 0.190. The molecule has 0 aliphatic carbocycles. The van der Waals surface area contributed by atoms with Crippen molar-refractivity contribution in [2.75, 3.05) is 6.54 Å². The maximum Gasteiger partial charge on any atom is 0.252 e. The Bertz CT molecular complexity index is 898. The normalized spacial score (nSPS) is 10.3. The molecule has 6 nitrogen and oxygen atoms in total. The number of nitrogens with one attached hydrogen (secondary N) is 2. The summed E-state index contributed by atoms with van der Waals surface area (Å²) in [5, 5.41) is 9.21. The highest BCUT2D eigenvalue weighted by molar-refractivity contribution is 7.08. The molecule has 0 bridgehead atoms. The standard InChI is InChI=1S/C21H21N3O3S/c25-20(7-10-23-21(26)17-8-11-28-15-17)24-13-16-4-3-6-19(12-16)27-14-18-5-1-2-9-22-18/h1-6,8-9,11-12,15H,7,10,13-14H2,(H,23,26)(H,24,25). The third kappa shape index (κ3) is 6.21. The Morgan fingerprint density at radius 3 is 2.79 bits per heavy atom. The van der Waals surface area contributed by atoms with Crippen molar-refractivity contribution in [1.29, 1.82) is 0 Å². The number of hydrogen-bond acceptors (Lipinski definition) is 5. The first-order chi connectivity index (χ1) is 13.7. The third-order valence-electron chi connectivity index (χ3n) is 3.92.